The molecule has 0 aliphatic carbocycles. The van der Waals surface area contributed by atoms with Gasteiger partial charge in [-0.05, 0) is 208 Å². The zero-order valence-corrected chi connectivity index (χ0v) is 51.0. The first-order chi connectivity index (χ1) is 46.6. The molecule has 20 aromatic rings. The zero-order valence-electron chi connectivity index (χ0n) is 51.0. The molecule has 0 atom stereocenters. The average molecular weight is 1190 g/mol. The van der Waals surface area contributed by atoms with Crippen molar-refractivity contribution in [1.29, 1.82) is 0 Å². The van der Waals surface area contributed by atoms with Crippen LogP contribution in [0, 0.1) is 0 Å². The maximum atomic E-state index is 7.04. The number of hydrogen-bond donors (Lipinski definition) is 0. The summed E-state index contributed by atoms with van der Waals surface area (Å²) in [5.41, 5.74) is 19.6. The lowest BCUT2D eigenvalue weighted by Crippen LogP contribution is -1.93. The second kappa shape index (κ2) is 20.6. The summed E-state index contributed by atoms with van der Waals surface area (Å²) in [6.45, 7) is 0. The third kappa shape index (κ3) is 7.90. The third-order valence-corrected chi connectivity index (χ3v) is 20.2. The highest BCUT2D eigenvalue weighted by molar-refractivity contribution is 6.29. The van der Waals surface area contributed by atoms with Gasteiger partial charge in [0.15, 0.2) is 0 Å². The number of fused-ring (bicyclic) bond motifs is 16. The van der Waals surface area contributed by atoms with Crippen molar-refractivity contribution in [1.82, 2.24) is 0 Å². The summed E-state index contributed by atoms with van der Waals surface area (Å²) < 4.78 is 14.0. The van der Waals surface area contributed by atoms with E-state index in [2.05, 4.69) is 328 Å². The van der Waals surface area contributed by atoms with Crippen LogP contribution in [0.25, 0.3) is 208 Å². The van der Waals surface area contributed by atoms with Crippen LogP contribution in [0.3, 0.4) is 0 Å². The summed E-state index contributed by atoms with van der Waals surface area (Å²) in [4.78, 5) is 0. The first-order valence-corrected chi connectivity index (χ1v) is 32.4. The monoisotopic (exact) mass is 1190 g/mol. The van der Waals surface area contributed by atoms with E-state index in [1.807, 2.05) is 0 Å². The van der Waals surface area contributed by atoms with Gasteiger partial charge in [-0.1, -0.05) is 273 Å². The molecule has 2 aromatic heterocycles. The first kappa shape index (κ1) is 52.4. The number of benzene rings is 18. The second-order valence-corrected chi connectivity index (χ2v) is 25.2. The lowest BCUT2D eigenvalue weighted by molar-refractivity contribution is 0.669. The van der Waals surface area contributed by atoms with E-state index in [0.29, 0.717) is 0 Å². The molecule has 0 saturated heterocycles. The molecule has 0 amide bonds. The van der Waals surface area contributed by atoms with E-state index in [4.69, 9.17) is 8.83 Å². The van der Waals surface area contributed by atoms with Gasteiger partial charge in [0.05, 0.1) is 0 Å². The SMILES string of the molecule is c1ccc(-c2cc(-c3ccc(-c4cc(-c5c6ccccc6c(-c6cc7ccccc7c7ccccc67)c6ccccc56)cc5c4oc4ccccc45)cc3)cc3c2oc2ccc(-c4c5ccccc5c(-c5cc6ccccc6c6ccccc56)c5ccccc45)cc23)cc1. The minimum absolute atomic E-state index is 0.850. The van der Waals surface area contributed by atoms with Crippen LogP contribution in [0.1, 0.15) is 0 Å². The van der Waals surface area contributed by atoms with Gasteiger partial charge in [0, 0.05) is 32.7 Å². The summed E-state index contributed by atoms with van der Waals surface area (Å²) in [5.74, 6) is 0. The van der Waals surface area contributed by atoms with Gasteiger partial charge in [0.1, 0.15) is 22.3 Å². The largest absolute Gasteiger partial charge is 0.455 e. The maximum absolute atomic E-state index is 7.04. The van der Waals surface area contributed by atoms with E-state index in [9.17, 15) is 0 Å². The smallest absolute Gasteiger partial charge is 0.143 e. The Balaban J connectivity index is 0.757. The predicted molar refractivity (Wildman–Crippen MR) is 399 cm³/mol. The Bertz CT molecular complexity index is 6470. The molecule has 2 nitrogen and oxygen atoms in total. The van der Waals surface area contributed by atoms with Gasteiger partial charge < -0.3 is 8.83 Å². The minimum Gasteiger partial charge on any atom is -0.455 e. The van der Waals surface area contributed by atoms with Crippen LogP contribution in [0.5, 0.6) is 0 Å². The Labute approximate surface area is 541 Å². The van der Waals surface area contributed by atoms with Gasteiger partial charge >= 0.3 is 0 Å². The van der Waals surface area contributed by atoms with Gasteiger partial charge in [-0.25, -0.2) is 0 Å². The number of para-hydroxylation sites is 1. The fourth-order valence-corrected chi connectivity index (χ4v) is 16.0. The number of furan rings is 2. The van der Waals surface area contributed by atoms with Crippen LogP contribution in [-0.2, 0) is 0 Å². The van der Waals surface area contributed by atoms with E-state index in [1.54, 1.807) is 0 Å². The highest BCUT2D eigenvalue weighted by atomic mass is 16.3. The van der Waals surface area contributed by atoms with Crippen LogP contribution in [0.2, 0.25) is 0 Å². The Morgan fingerprint density at radius 3 is 0.989 bits per heavy atom. The predicted octanol–water partition coefficient (Wildman–Crippen LogP) is 26.4. The number of hydrogen-bond acceptors (Lipinski definition) is 2. The van der Waals surface area contributed by atoms with Crippen molar-refractivity contribution in [2.24, 2.45) is 0 Å². The summed E-state index contributed by atoms with van der Waals surface area (Å²) >= 11 is 0. The van der Waals surface area contributed by atoms with Crippen LogP contribution in [0.15, 0.2) is 336 Å². The summed E-state index contributed by atoms with van der Waals surface area (Å²) in [7, 11) is 0. The molecular weight excluding hydrogens is 1140 g/mol. The van der Waals surface area contributed by atoms with Gasteiger partial charge in [-0.3, -0.25) is 0 Å². The van der Waals surface area contributed by atoms with E-state index >= 15 is 0 Å². The lowest BCUT2D eigenvalue weighted by Gasteiger charge is -2.20. The average Bonchev–Trinajstić information content (AvgIpc) is 0.808. The molecular formula is C92H54O2. The Hall–Kier alpha value is -12.4. The quantitative estimate of drug-likeness (QED) is 0.117. The highest BCUT2D eigenvalue weighted by Crippen LogP contribution is 2.52. The summed E-state index contributed by atoms with van der Waals surface area (Å²) in [6, 6.07) is 121. The zero-order chi connectivity index (χ0) is 61.5. The van der Waals surface area contributed by atoms with Crippen molar-refractivity contribution in [3.05, 3.63) is 328 Å². The van der Waals surface area contributed by atoms with Crippen LogP contribution >= 0.6 is 0 Å². The molecule has 18 aromatic carbocycles. The molecule has 2 heterocycles. The number of rotatable bonds is 7. The fraction of sp³-hybridized carbons (Fsp3) is 0. The van der Waals surface area contributed by atoms with Crippen molar-refractivity contribution < 1.29 is 8.83 Å². The van der Waals surface area contributed by atoms with Crippen molar-refractivity contribution in [3.8, 4) is 77.9 Å². The van der Waals surface area contributed by atoms with Crippen LogP contribution < -0.4 is 0 Å². The fourth-order valence-electron chi connectivity index (χ4n) is 16.0. The molecule has 0 aliphatic heterocycles. The van der Waals surface area contributed by atoms with Crippen molar-refractivity contribution in [2.45, 2.75) is 0 Å². The van der Waals surface area contributed by atoms with E-state index in [-0.39, 0.29) is 0 Å². The van der Waals surface area contributed by atoms with Crippen molar-refractivity contribution >= 4 is 130 Å². The minimum atomic E-state index is 0.850. The molecule has 0 aliphatic rings. The molecule has 0 spiro atoms. The Morgan fingerprint density at radius 2 is 0.479 bits per heavy atom. The van der Waals surface area contributed by atoms with Crippen LogP contribution in [-0.4, -0.2) is 0 Å². The lowest BCUT2D eigenvalue weighted by atomic mass is 9.83. The standard InChI is InChI=1S/C92H54O2/c1-2-22-56(23-3-1)78-51-61(52-84-80-50-60(46-47-86(80)94-92(78)84)87-70-33-12-16-37-74(70)89(75-38-17-13-34-71(75)87)81-48-58-24-4-6-26-63(58)65-28-8-10-30-67(65)81)55-42-44-57(45-43-55)79-53-62(54-83-69-32-20-21-41-85(69)93-91(79)83)88-72-35-14-18-39-76(72)90(77-40-19-15-36-73(77)88)82-49-59-25-5-7-27-64(59)66-29-9-11-31-68(66)82/h1-54H. The molecule has 20 rings (SSSR count). The molecule has 2 heteroatoms. The topological polar surface area (TPSA) is 26.3 Å². The molecule has 0 radical (unpaired) electrons. The Kier molecular flexibility index (Phi) is 11.5. The molecule has 0 saturated carbocycles. The summed E-state index contributed by atoms with van der Waals surface area (Å²) in [5, 5.41) is 24.1. The molecule has 94 heavy (non-hydrogen) atoms. The molecule has 0 unspecified atom stereocenters. The van der Waals surface area contributed by atoms with Gasteiger partial charge in [-0.2, -0.15) is 0 Å². The highest BCUT2D eigenvalue weighted by Gasteiger charge is 2.25. The van der Waals surface area contributed by atoms with Crippen LogP contribution in [0.4, 0.5) is 0 Å². The molecule has 0 bridgehead atoms. The van der Waals surface area contributed by atoms with E-state index < -0.39 is 0 Å². The van der Waals surface area contributed by atoms with Gasteiger partial charge in [0.2, 0.25) is 0 Å². The second-order valence-electron chi connectivity index (χ2n) is 25.2. The molecule has 434 valence electrons. The summed E-state index contributed by atoms with van der Waals surface area (Å²) in [6.07, 6.45) is 0. The maximum Gasteiger partial charge on any atom is 0.143 e. The molecule has 0 fully saturated rings. The van der Waals surface area contributed by atoms with Gasteiger partial charge in [-0.15, -0.1) is 0 Å². The third-order valence-electron chi connectivity index (χ3n) is 20.2. The van der Waals surface area contributed by atoms with Gasteiger partial charge in [0.25, 0.3) is 0 Å². The molecule has 0 N–H and O–H groups in total. The normalized spacial score (nSPS) is 12.0. The van der Waals surface area contributed by atoms with E-state index in [1.165, 1.54) is 120 Å². The van der Waals surface area contributed by atoms with Crippen molar-refractivity contribution in [3.63, 3.8) is 0 Å². The Morgan fingerprint density at radius 1 is 0.149 bits per heavy atom. The van der Waals surface area contributed by atoms with E-state index in [0.717, 1.165) is 88.4 Å². The van der Waals surface area contributed by atoms with Crippen molar-refractivity contribution in [2.75, 3.05) is 0 Å². The first-order valence-electron chi connectivity index (χ1n) is 32.4.